The fourth-order valence-electron chi connectivity index (χ4n) is 1.80. The van der Waals surface area contributed by atoms with Crippen molar-refractivity contribution < 1.29 is 4.42 Å². The van der Waals surface area contributed by atoms with Gasteiger partial charge in [0, 0.05) is 11.6 Å². The molecule has 3 rings (SSSR count). The van der Waals surface area contributed by atoms with Crippen LogP contribution >= 0.6 is 0 Å². The van der Waals surface area contributed by atoms with Gasteiger partial charge in [-0.3, -0.25) is 4.98 Å². The number of aromatic nitrogens is 1. The number of rotatable bonds is 0. The lowest BCUT2D eigenvalue weighted by Crippen LogP contribution is -2.01. The van der Waals surface area contributed by atoms with Gasteiger partial charge in [-0.05, 0) is 18.2 Å². The fourth-order valence-corrected chi connectivity index (χ4v) is 1.80. The molecule has 0 unspecified atom stereocenters. The summed E-state index contributed by atoms with van der Waals surface area (Å²) >= 11 is 0. The van der Waals surface area contributed by atoms with Crippen molar-refractivity contribution in [2.45, 2.75) is 0 Å². The van der Waals surface area contributed by atoms with Crippen LogP contribution < -0.4 is 5.63 Å². The fraction of sp³-hybridized carbons (Fsp3) is 0. The molecule has 0 aliphatic carbocycles. The molecule has 1 aromatic carbocycles. The molecule has 0 aliphatic rings. The molecule has 0 N–H and O–H groups in total. The molecule has 2 heterocycles. The van der Waals surface area contributed by atoms with Gasteiger partial charge >= 0.3 is 5.63 Å². The van der Waals surface area contributed by atoms with Gasteiger partial charge in [0.15, 0.2) is 0 Å². The Bertz CT molecular complexity index is 828. The summed E-state index contributed by atoms with van der Waals surface area (Å²) in [5.74, 6) is 0. The van der Waals surface area contributed by atoms with Crippen molar-refractivity contribution in [1.29, 1.82) is 5.26 Å². The molecule has 17 heavy (non-hydrogen) atoms. The van der Waals surface area contributed by atoms with Crippen molar-refractivity contribution in [3.05, 3.63) is 52.5 Å². The minimum Gasteiger partial charge on any atom is -0.422 e. The van der Waals surface area contributed by atoms with Crippen LogP contribution in [0.1, 0.15) is 5.56 Å². The highest BCUT2D eigenvalue weighted by atomic mass is 16.4. The van der Waals surface area contributed by atoms with E-state index in [0.717, 1.165) is 5.39 Å². The number of nitrogens with zero attached hydrogens (tertiary/aromatic N) is 2. The summed E-state index contributed by atoms with van der Waals surface area (Å²) in [5, 5.41) is 9.88. The van der Waals surface area contributed by atoms with Crippen LogP contribution in [0.15, 0.2) is 45.7 Å². The van der Waals surface area contributed by atoms with Crippen LogP contribution in [-0.4, -0.2) is 4.98 Å². The van der Waals surface area contributed by atoms with Crippen molar-refractivity contribution in [1.82, 2.24) is 4.98 Å². The summed E-state index contributed by atoms with van der Waals surface area (Å²) in [5.41, 5.74) is 0.946. The topological polar surface area (TPSA) is 66.9 Å². The van der Waals surface area contributed by atoms with Crippen molar-refractivity contribution in [2.24, 2.45) is 0 Å². The molecule has 80 valence electrons. The monoisotopic (exact) mass is 222 g/mol. The van der Waals surface area contributed by atoms with Gasteiger partial charge in [-0.25, -0.2) is 4.79 Å². The molecule has 4 heteroatoms. The maximum Gasteiger partial charge on any atom is 0.345 e. The Morgan fingerprint density at radius 1 is 1.24 bits per heavy atom. The Labute approximate surface area is 95.7 Å². The van der Waals surface area contributed by atoms with Crippen LogP contribution in [0.5, 0.6) is 0 Å². The lowest BCUT2D eigenvalue weighted by atomic mass is 10.1. The number of hydrogen-bond acceptors (Lipinski definition) is 4. The van der Waals surface area contributed by atoms with Crippen LogP contribution in [-0.2, 0) is 0 Å². The standard InChI is InChI=1S/C13H6N2O2/c14-6-8-5-10-12(15-7-8)9-3-1-2-4-11(9)17-13(10)16/h1-5,7H. The number of nitriles is 1. The Balaban J connectivity index is 2.60. The van der Waals surface area contributed by atoms with Crippen molar-refractivity contribution >= 4 is 21.9 Å². The van der Waals surface area contributed by atoms with Gasteiger partial charge in [0.05, 0.1) is 16.5 Å². The number of pyridine rings is 1. The van der Waals surface area contributed by atoms with E-state index >= 15 is 0 Å². The predicted molar refractivity (Wildman–Crippen MR) is 62.5 cm³/mol. The van der Waals surface area contributed by atoms with E-state index in [0.29, 0.717) is 22.0 Å². The van der Waals surface area contributed by atoms with Crippen LogP contribution in [0, 0.1) is 11.3 Å². The van der Waals surface area contributed by atoms with Crippen LogP contribution in [0.2, 0.25) is 0 Å². The molecule has 0 saturated heterocycles. The summed E-state index contributed by atoms with van der Waals surface area (Å²) in [4.78, 5) is 15.9. The first-order valence-electron chi connectivity index (χ1n) is 5.01. The Morgan fingerprint density at radius 3 is 2.88 bits per heavy atom. The molecule has 4 nitrogen and oxygen atoms in total. The predicted octanol–water partition coefficient (Wildman–Crippen LogP) is 2.21. The van der Waals surface area contributed by atoms with Gasteiger partial charge < -0.3 is 4.42 Å². The van der Waals surface area contributed by atoms with Gasteiger partial charge in [0.1, 0.15) is 11.7 Å². The van der Waals surface area contributed by atoms with Crippen LogP contribution in [0.4, 0.5) is 0 Å². The molecule has 0 spiro atoms. The highest BCUT2D eigenvalue weighted by Crippen LogP contribution is 2.20. The van der Waals surface area contributed by atoms with Crippen LogP contribution in [0.25, 0.3) is 21.9 Å². The average Bonchev–Trinajstić information content (AvgIpc) is 2.38. The van der Waals surface area contributed by atoms with Crippen molar-refractivity contribution in [2.75, 3.05) is 0 Å². The van der Waals surface area contributed by atoms with Gasteiger partial charge in [0.25, 0.3) is 0 Å². The number of fused-ring (bicyclic) bond motifs is 3. The van der Waals surface area contributed by atoms with Crippen LogP contribution in [0.3, 0.4) is 0 Å². The maximum atomic E-state index is 11.7. The highest BCUT2D eigenvalue weighted by Gasteiger charge is 2.08. The van der Waals surface area contributed by atoms with E-state index < -0.39 is 5.63 Å². The van der Waals surface area contributed by atoms with E-state index in [1.165, 1.54) is 12.3 Å². The smallest absolute Gasteiger partial charge is 0.345 e. The first-order valence-corrected chi connectivity index (χ1v) is 5.01. The second-order valence-electron chi connectivity index (χ2n) is 3.62. The third-order valence-electron chi connectivity index (χ3n) is 2.58. The zero-order valence-corrected chi connectivity index (χ0v) is 8.68. The lowest BCUT2D eigenvalue weighted by molar-refractivity contribution is 0.569. The zero-order valence-electron chi connectivity index (χ0n) is 8.68. The summed E-state index contributed by atoms with van der Waals surface area (Å²) < 4.78 is 5.17. The maximum absolute atomic E-state index is 11.7. The van der Waals surface area contributed by atoms with Crippen molar-refractivity contribution in [3.8, 4) is 6.07 Å². The molecule has 0 fully saturated rings. The van der Waals surface area contributed by atoms with Gasteiger partial charge in [0.2, 0.25) is 0 Å². The molecule has 0 bridgehead atoms. The zero-order chi connectivity index (χ0) is 11.8. The molecule has 0 radical (unpaired) electrons. The first-order chi connectivity index (χ1) is 8.29. The molecule has 3 aromatic rings. The summed E-state index contributed by atoms with van der Waals surface area (Å²) in [6.45, 7) is 0. The minimum atomic E-state index is -0.469. The molecular formula is C13H6N2O2. The quantitative estimate of drug-likeness (QED) is 0.432. The Hall–Kier alpha value is -2.67. The highest BCUT2D eigenvalue weighted by molar-refractivity contribution is 6.01. The minimum absolute atomic E-state index is 0.336. The normalized spacial score (nSPS) is 10.5. The molecule has 0 saturated carbocycles. The molecule has 0 aliphatic heterocycles. The van der Waals surface area contributed by atoms with Gasteiger partial charge in [-0.2, -0.15) is 5.26 Å². The second kappa shape index (κ2) is 3.42. The van der Waals surface area contributed by atoms with Crippen molar-refractivity contribution in [3.63, 3.8) is 0 Å². The van der Waals surface area contributed by atoms with E-state index in [1.54, 1.807) is 12.1 Å². The molecule has 0 atom stereocenters. The summed E-state index contributed by atoms with van der Waals surface area (Å²) in [7, 11) is 0. The first kappa shape index (κ1) is 9.55. The SMILES string of the molecule is N#Cc1cnc2c(c1)c(=O)oc1ccccc12. The third kappa shape index (κ3) is 1.37. The van der Waals surface area contributed by atoms with E-state index in [2.05, 4.69) is 4.98 Å². The largest absolute Gasteiger partial charge is 0.422 e. The number of hydrogen-bond donors (Lipinski definition) is 0. The van der Waals surface area contributed by atoms with E-state index in [-0.39, 0.29) is 0 Å². The second-order valence-corrected chi connectivity index (χ2v) is 3.62. The number of para-hydroxylation sites is 1. The molecule has 0 amide bonds. The molecular weight excluding hydrogens is 216 g/mol. The summed E-state index contributed by atoms with van der Waals surface area (Å²) in [6.07, 6.45) is 1.45. The Morgan fingerprint density at radius 2 is 2.06 bits per heavy atom. The number of benzene rings is 1. The third-order valence-corrected chi connectivity index (χ3v) is 2.58. The Kier molecular flexibility index (Phi) is 1.92. The van der Waals surface area contributed by atoms with E-state index in [9.17, 15) is 4.79 Å². The average molecular weight is 222 g/mol. The summed E-state index contributed by atoms with van der Waals surface area (Å²) in [6, 6.07) is 10.6. The van der Waals surface area contributed by atoms with E-state index in [4.69, 9.17) is 9.68 Å². The van der Waals surface area contributed by atoms with Gasteiger partial charge in [-0.1, -0.05) is 12.1 Å². The lowest BCUT2D eigenvalue weighted by Gasteiger charge is -2.00. The molecule has 2 aromatic heterocycles. The van der Waals surface area contributed by atoms with E-state index in [1.807, 2.05) is 18.2 Å². The van der Waals surface area contributed by atoms with Gasteiger partial charge in [-0.15, -0.1) is 0 Å².